The van der Waals surface area contributed by atoms with Gasteiger partial charge in [0.1, 0.15) is 11.8 Å². The maximum absolute atomic E-state index is 11.3. The standard InChI is InChI=1S/C15H17ClN2O3/c16-5-1-7-21-9-2-3-12-11(8-9)10-4-6-17-14(15(19)20)13(10)18-12/h2-3,8,14,17-18H,1,4-7H2,(H,19,20). The van der Waals surface area contributed by atoms with Gasteiger partial charge in [0.05, 0.1) is 6.61 Å². The minimum absolute atomic E-state index is 0.577. The molecule has 1 aromatic carbocycles. The van der Waals surface area contributed by atoms with Gasteiger partial charge in [0.15, 0.2) is 0 Å². The Labute approximate surface area is 127 Å². The zero-order valence-electron chi connectivity index (χ0n) is 11.5. The third-order valence-corrected chi connectivity index (χ3v) is 3.98. The number of nitrogens with one attached hydrogen (secondary N) is 2. The molecule has 1 aliphatic heterocycles. The highest BCUT2D eigenvalue weighted by atomic mass is 35.5. The van der Waals surface area contributed by atoms with Gasteiger partial charge in [-0.3, -0.25) is 10.1 Å². The van der Waals surface area contributed by atoms with Crippen molar-refractivity contribution in [2.75, 3.05) is 19.0 Å². The lowest BCUT2D eigenvalue weighted by molar-refractivity contribution is -0.139. The first kappa shape index (κ1) is 14.2. The van der Waals surface area contributed by atoms with E-state index in [9.17, 15) is 9.90 Å². The van der Waals surface area contributed by atoms with Gasteiger partial charge in [-0.1, -0.05) is 0 Å². The van der Waals surface area contributed by atoms with Crippen LogP contribution in [-0.4, -0.2) is 35.1 Å². The second kappa shape index (κ2) is 5.95. The number of carboxylic acid groups (broad SMARTS) is 1. The fourth-order valence-corrected chi connectivity index (χ4v) is 2.86. The van der Waals surface area contributed by atoms with E-state index in [1.807, 2.05) is 18.2 Å². The Morgan fingerprint density at radius 2 is 2.33 bits per heavy atom. The molecule has 21 heavy (non-hydrogen) atoms. The fraction of sp³-hybridized carbons (Fsp3) is 0.400. The Hall–Kier alpha value is -1.72. The van der Waals surface area contributed by atoms with Gasteiger partial charge in [0.2, 0.25) is 0 Å². The molecule has 6 heteroatoms. The maximum Gasteiger partial charge on any atom is 0.326 e. The first-order valence-electron chi connectivity index (χ1n) is 7.00. The van der Waals surface area contributed by atoms with E-state index in [2.05, 4.69) is 10.3 Å². The number of fused-ring (bicyclic) bond motifs is 3. The van der Waals surface area contributed by atoms with Crippen molar-refractivity contribution < 1.29 is 14.6 Å². The molecule has 0 bridgehead atoms. The number of hydrogen-bond acceptors (Lipinski definition) is 3. The summed E-state index contributed by atoms with van der Waals surface area (Å²) in [5, 5.41) is 13.3. The number of benzene rings is 1. The lowest BCUT2D eigenvalue weighted by atomic mass is 9.99. The summed E-state index contributed by atoms with van der Waals surface area (Å²) in [6, 6.07) is 5.13. The van der Waals surface area contributed by atoms with Gasteiger partial charge in [-0.25, -0.2) is 0 Å². The predicted octanol–water partition coefficient (Wildman–Crippen LogP) is 2.45. The third kappa shape index (κ3) is 2.71. The molecule has 0 amide bonds. The first-order valence-corrected chi connectivity index (χ1v) is 7.53. The third-order valence-electron chi connectivity index (χ3n) is 3.72. The fourth-order valence-electron chi connectivity index (χ4n) is 2.75. The quantitative estimate of drug-likeness (QED) is 0.586. The van der Waals surface area contributed by atoms with E-state index in [-0.39, 0.29) is 0 Å². The molecule has 0 aliphatic carbocycles. The van der Waals surface area contributed by atoms with Crippen LogP contribution in [0.4, 0.5) is 0 Å². The molecule has 3 N–H and O–H groups in total. The predicted molar refractivity (Wildman–Crippen MR) is 81.2 cm³/mol. The molecular formula is C15H17ClN2O3. The van der Waals surface area contributed by atoms with Crippen LogP contribution in [0, 0.1) is 0 Å². The van der Waals surface area contributed by atoms with Crippen molar-refractivity contribution in [3.05, 3.63) is 29.5 Å². The topological polar surface area (TPSA) is 74.4 Å². The molecule has 0 saturated heterocycles. The van der Waals surface area contributed by atoms with Gasteiger partial charge in [-0.05, 0) is 36.6 Å². The van der Waals surface area contributed by atoms with Crippen molar-refractivity contribution in [2.24, 2.45) is 0 Å². The van der Waals surface area contributed by atoms with Crippen LogP contribution in [0.15, 0.2) is 18.2 Å². The number of aliphatic carboxylic acids is 1. The summed E-state index contributed by atoms with van der Waals surface area (Å²) >= 11 is 5.64. The lowest BCUT2D eigenvalue weighted by Gasteiger charge is -2.20. The van der Waals surface area contributed by atoms with E-state index < -0.39 is 12.0 Å². The van der Waals surface area contributed by atoms with Gasteiger partial charge < -0.3 is 14.8 Å². The Morgan fingerprint density at radius 1 is 1.48 bits per heavy atom. The SMILES string of the molecule is O=C(O)C1NCCc2c1[nH]c1ccc(OCCCCl)cc21. The normalized spacial score (nSPS) is 17.7. The number of H-pyrrole nitrogens is 1. The van der Waals surface area contributed by atoms with Crippen LogP contribution in [0.3, 0.4) is 0 Å². The summed E-state index contributed by atoms with van der Waals surface area (Å²) in [5.41, 5.74) is 2.76. The van der Waals surface area contributed by atoms with E-state index in [1.54, 1.807) is 0 Å². The monoisotopic (exact) mass is 308 g/mol. The summed E-state index contributed by atoms with van der Waals surface area (Å²) in [7, 11) is 0. The van der Waals surface area contributed by atoms with Gasteiger partial charge in [-0.15, -0.1) is 11.6 Å². The first-order chi connectivity index (χ1) is 10.2. The molecule has 0 fully saturated rings. The Morgan fingerprint density at radius 3 is 3.10 bits per heavy atom. The van der Waals surface area contributed by atoms with E-state index in [4.69, 9.17) is 16.3 Å². The summed E-state index contributed by atoms with van der Waals surface area (Å²) in [6.07, 6.45) is 1.61. The Kier molecular flexibility index (Phi) is 4.03. The van der Waals surface area contributed by atoms with Gasteiger partial charge in [0.25, 0.3) is 0 Å². The molecule has 2 heterocycles. The molecule has 0 radical (unpaired) electrons. The minimum atomic E-state index is -0.860. The molecule has 2 aromatic rings. The van der Waals surface area contributed by atoms with Gasteiger partial charge in [0, 0.05) is 29.0 Å². The molecule has 1 atom stereocenters. The van der Waals surface area contributed by atoms with E-state index in [0.29, 0.717) is 19.0 Å². The summed E-state index contributed by atoms with van der Waals surface area (Å²) in [4.78, 5) is 14.5. The van der Waals surface area contributed by atoms with E-state index in [1.165, 1.54) is 0 Å². The number of carbonyl (C=O) groups is 1. The van der Waals surface area contributed by atoms with Crippen LogP contribution in [0.1, 0.15) is 23.7 Å². The molecular weight excluding hydrogens is 292 g/mol. The summed E-state index contributed by atoms with van der Waals surface area (Å²) in [5.74, 6) is 0.509. The highest BCUT2D eigenvalue weighted by molar-refractivity contribution is 6.17. The number of aromatic nitrogens is 1. The van der Waals surface area contributed by atoms with Crippen molar-refractivity contribution in [1.29, 1.82) is 0 Å². The molecule has 5 nitrogen and oxygen atoms in total. The van der Waals surface area contributed by atoms with Crippen LogP contribution in [0.2, 0.25) is 0 Å². The number of halogens is 1. The lowest BCUT2D eigenvalue weighted by Crippen LogP contribution is -2.34. The van der Waals surface area contributed by atoms with Crippen molar-refractivity contribution in [3.8, 4) is 5.75 Å². The van der Waals surface area contributed by atoms with Crippen LogP contribution in [0.5, 0.6) is 5.75 Å². The smallest absolute Gasteiger partial charge is 0.326 e. The molecule has 112 valence electrons. The van der Waals surface area contributed by atoms with Crippen LogP contribution in [0.25, 0.3) is 10.9 Å². The second-order valence-corrected chi connectivity index (χ2v) is 5.47. The second-order valence-electron chi connectivity index (χ2n) is 5.09. The highest BCUT2D eigenvalue weighted by Crippen LogP contribution is 2.32. The van der Waals surface area contributed by atoms with Crippen molar-refractivity contribution in [3.63, 3.8) is 0 Å². The maximum atomic E-state index is 11.3. The number of ether oxygens (including phenoxy) is 1. The van der Waals surface area contributed by atoms with Crippen molar-refractivity contribution in [1.82, 2.24) is 10.3 Å². The molecule has 1 aromatic heterocycles. The Bertz CT molecular complexity index is 668. The molecule has 1 aliphatic rings. The van der Waals surface area contributed by atoms with Crippen molar-refractivity contribution in [2.45, 2.75) is 18.9 Å². The van der Waals surface area contributed by atoms with Crippen LogP contribution < -0.4 is 10.1 Å². The van der Waals surface area contributed by atoms with Crippen molar-refractivity contribution >= 4 is 28.5 Å². The van der Waals surface area contributed by atoms with Crippen LogP contribution >= 0.6 is 11.6 Å². The number of rotatable bonds is 5. The zero-order chi connectivity index (χ0) is 14.8. The average molecular weight is 309 g/mol. The summed E-state index contributed by atoms with van der Waals surface area (Å²) in [6.45, 7) is 1.25. The van der Waals surface area contributed by atoms with Crippen LogP contribution in [-0.2, 0) is 11.2 Å². The number of hydrogen-bond donors (Lipinski definition) is 3. The molecule has 0 saturated carbocycles. The largest absolute Gasteiger partial charge is 0.494 e. The minimum Gasteiger partial charge on any atom is -0.494 e. The molecule has 1 unspecified atom stereocenters. The summed E-state index contributed by atoms with van der Waals surface area (Å²) < 4.78 is 5.66. The number of alkyl halides is 1. The average Bonchev–Trinajstić information content (AvgIpc) is 2.85. The van der Waals surface area contributed by atoms with E-state index >= 15 is 0 Å². The van der Waals surface area contributed by atoms with Gasteiger partial charge in [-0.2, -0.15) is 0 Å². The number of aromatic amines is 1. The van der Waals surface area contributed by atoms with E-state index in [0.717, 1.165) is 40.8 Å². The molecule has 0 spiro atoms. The van der Waals surface area contributed by atoms with Gasteiger partial charge >= 0.3 is 5.97 Å². The highest BCUT2D eigenvalue weighted by Gasteiger charge is 2.28. The zero-order valence-corrected chi connectivity index (χ0v) is 12.2. The number of carboxylic acids is 1. The Balaban J connectivity index is 1.96. The molecule has 3 rings (SSSR count).